The van der Waals surface area contributed by atoms with Crippen LogP contribution in [0.2, 0.25) is 10.0 Å². The fourth-order valence-corrected chi connectivity index (χ4v) is 3.90. The number of hydrogen-bond donors (Lipinski definition) is 1. The van der Waals surface area contributed by atoms with Crippen molar-refractivity contribution in [3.63, 3.8) is 0 Å². The number of amides is 1. The number of pyridine rings is 2. The molecule has 3 heterocycles. The van der Waals surface area contributed by atoms with Crippen molar-refractivity contribution >= 4 is 45.7 Å². The van der Waals surface area contributed by atoms with Gasteiger partial charge in [-0.3, -0.25) is 14.6 Å². The van der Waals surface area contributed by atoms with Crippen molar-refractivity contribution in [1.82, 2.24) is 14.1 Å². The molecule has 146 valence electrons. The van der Waals surface area contributed by atoms with Gasteiger partial charge in [-0.05, 0) is 36.4 Å². The van der Waals surface area contributed by atoms with Gasteiger partial charge < -0.3 is 14.5 Å². The fraction of sp³-hybridized carbons (Fsp3) is 0.0952. The van der Waals surface area contributed by atoms with E-state index >= 15 is 0 Å². The maximum atomic E-state index is 13.0. The normalized spacial score (nSPS) is 11.0. The summed E-state index contributed by atoms with van der Waals surface area (Å²) in [5.74, 6) is -0.316. The molecular weight excluding hydrogens is 411 g/mol. The quantitative estimate of drug-likeness (QED) is 0.524. The standard InChI is InChI=1S/C21H16Cl2N4O2/c1-26-9-3-4-17(26)20(28)25-15-6-5-14(22)18(19(15)23)13-10-12-11-24-8-7-16(12)27(2)21(13)29/h3-11H,1-2H3,(H,25,28). The molecule has 0 aliphatic rings. The summed E-state index contributed by atoms with van der Waals surface area (Å²) < 4.78 is 3.22. The van der Waals surface area contributed by atoms with Crippen LogP contribution in [0.25, 0.3) is 22.0 Å². The monoisotopic (exact) mass is 426 g/mol. The maximum absolute atomic E-state index is 13.0. The van der Waals surface area contributed by atoms with Crippen LogP contribution in [0.5, 0.6) is 0 Å². The molecule has 3 aromatic heterocycles. The molecule has 0 radical (unpaired) electrons. The van der Waals surface area contributed by atoms with Gasteiger partial charge in [0, 0.05) is 43.6 Å². The molecule has 0 unspecified atom stereocenters. The van der Waals surface area contributed by atoms with E-state index in [0.29, 0.717) is 27.5 Å². The lowest BCUT2D eigenvalue weighted by Gasteiger charge is -2.14. The van der Waals surface area contributed by atoms with E-state index in [-0.39, 0.29) is 16.5 Å². The zero-order valence-electron chi connectivity index (χ0n) is 15.6. The summed E-state index contributed by atoms with van der Waals surface area (Å²) in [5.41, 5.74) is 2.03. The fourth-order valence-electron chi connectivity index (χ4n) is 3.28. The Bertz CT molecular complexity index is 1320. The van der Waals surface area contributed by atoms with E-state index in [1.54, 1.807) is 73.7 Å². The second-order valence-electron chi connectivity index (χ2n) is 6.60. The van der Waals surface area contributed by atoms with Gasteiger partial charge in [0.15, 0.2) is 0 Å². The van der Waals surface area contributed by atoms with Crippen LogP contribution >= 0.6 is 23.2 Å². The molecule has 0 fully saturated rings. The van der Waals surface area contributed by atoms with E-state index in [0.717, 1.165) is 10.9 Å². The van der Waals surface area contributed by atoms with E-state index in [4.69, 9.17) is 23.2 Å². The van der Waals surface area contributed by atoms with E-state index in [1.807, 2.05) is 0 Å². The number of nitrogens with one attached hydrogen (secondary N) is 1. The molecule has 4 rings (SSSR count). The molecule has 0 saturated carbocycles. The van der Waals surface area contributed by atoms with Gasteiger partial charge in [-0.25, -0.2) is 0 Å². The highest BCUT2D eigenvalue weighted by molar-refractivity contribution is 6.41. The lowest BCUT2D eigenvalue weighted by molar-refractivity contribution is 0.101. The van der Waals surface area contributed by atoms with Gasteiger partial charge in [0.1, 0.15) is 5.69 Å². The number of halogens is 2. The van der Waals surface area contributed by atoms with Crippen molar-refractivity contribution < 1.29 is 4.79 Å². The highest BCUT2D eigenvalue weighted by Crippen LogP contribution is 2.39. The Labute approximate surface area is 176 Å². The maximum Gasteiger partial charge on any atom is 0.272 e. The topological polar surface area (TPSA) is 68.9 Å². The van der Waals surface area contributed by atoms with Gasteiger partial charge in [-0.15, -0.1) is 0 Å². The molecule has 4 aromatic rings. The lowest BCUT2D eigenvalue weighted by atomic mass is 10.0. The highest BCUT2D eigenvalue weighted by atomic mass is 35.5. The first-order valence-electron chi connectivity index (χ1n) is 8.73. The van der Waals surface area contributed by atoms with Crippen LogP contribution in [0.4, 0.5) is 5.69 Å². The van der Waals surface area contributed by atoms with Crippen LogP contribution in [0.1, 0.15) is 10.5 Å². The first-order chi connectivity index (χ1) is 13.9. The Morgan fingerprint density at radius 1 is 1.14 bits per heavy atom. The number of carbonyl (C=O) groups excluding carboxylic acids is 1. The van der Waals surface area contributed by atoms with Gasteiger partial charge in [0.25, 0.3) is 11.5 Å². The van der Waals surface area contributed by atoms with E-state index in [9.17, 15) is 9.59 Å². The van der Waals surface area contributed by atoms with Crippen molar-refractivity contribution in [2.45, 2.75) is 0 Å². The molecule has 29 heavy (non-hydrogen) atoms. The minimum absolute atomic E-state index is 0.195. The molecule has 0 saturated heterocycles. The highest BCUT2D eigenvalue weighted by Gasteiger charge is 2.19. The first-order valence-corrected chi connectivity index (χ1v) is 9.49. The van der Waals surface area contributed by atoms with Crippen LogP contribution in [0, 0.1) is 0 Å². The molecule has 0 aliphatic carbocycles. The van der Waals surface area contributed by atoms with Crippen LogP contribution in [0.15, 0.2) is 59.8 Å². The summed E-state index contributed by atoms with van der Waals surface area (Å²) in [4.78, 5) is 29.7. The second kappa shape index (κ2) is 7.39. The summed E-state index contributed by atoms with van der Waals surface area (Å²) in [7, 11) is 3.45. The number of aromatic nitrogens is 3. The largest absolute Gasteiger partial charge is 0.347 e. The second-order valence-corrected chi connectivity index (χ2v) is 7.38. The Morgan fingerprint density at radius 3 is 2.66 bits per heavy atom. The summed E-state index contributed by atoms with van der Waals surface area (Å²) in [6, 6.07) is 10.2. The molecule has 1 aromatic carbocycles. The molecule has 1 amide bonds. The van der Waals surface area contributed by atoms with E-state index in [2.05, 4.69) is 10.3 Å². The number of fused-ring (bicyclic) bond motifs is 1. The first kappa shape index (κ1) is 19.2. The number of nitrogens with zero attached hydrogens (tertiary/aromatic N) is 3. The van der Waals surface area contributed by atoms with Crippen molar-refractivity contribution in [2.75, 3.05) is 5.32 Å². The Kier molecular flexibility index (Phi) is 4.90. The summed E-state index contributed by atoms with van der Waals surface area (Å²) in [6.07, 6.45) is 5.07. The van der Waals surface area contributed by atoms with Crippen molar-refractivity contribution in [3.8, 4) is 11.1 Å². The molecule has 0 bridgehead atoms. The molecule has 6 nitrogen and oxygen atoms in total. The van der Waals surface area contributed by atoms with E-state index < -0.39 is 0 Å². The van der Waals surface area contributed by atoms with Gasteiger partial charge >= 0.3 is 0 Å². The minimum Gasteiger partial charge on any atom is -0.347 e. The minimum atomic E-state index is -0.316. The van der Waals surface area contributed by atoms with E-state index in [1.165, 1.54) is 4.57 Å². The number of benzene rings is 1. The average molecular weight is 427 g/mol. The zero-order valence-corrected chi connectivity index (χ0v) is 17.1. The third-order valence-electron chi connectivity index (χ3n) is 4.81. The van der Waals surface area contributed by atoms with Crippen molar-refractivity contribution in [2.24, 2.45) is 14.1 Å². The third-order valence-corrected chi connectivity index (χ3v) is 5.52. The van der Waals surface area contributed by atoms with Gasteiger partial charge in [-0.2, -0.15) is 0 Å². The van der Waals surface area contributed by atoms with Crippen LogP contribution in [-0.4, -0.2) is 20.0 Å². The Morgan fingerprint density at radius 2 is 1.93 bits per heavy atom. The van der Waals surface area contributed by atoms with Crippen molar-refractivity contribution in [1.29, 1.82) is 0 Å². The molecule has 8 heteroatoms. The summed E-state index contributed by atoms with van der Waals surface area (Å²) in [5, 5.41) is 4.07. The predicted octanol–water partition coefficient (Wildman–Crippen LogP) is 4.50. The van der Waals surface area contributed by atoms with Crippen LogP contribution < -0.4 is 10.9 Å². The van der Waals surface area contributed by atoms with Gasteiger partial charge in [0.2, 0.25) is 0 Å². The Hall–Kier alpha value is -3.09. The van der Waals surface area contributed by atoms with Gasteiger partial charge in [0.05, 0.1) is 26.8 Å². The third kappa shape index (κ3) is 3.30. The summed E-state index contributed by atoms with van der Waals surface area (Å²) in [6.45, 7) is 0. The Balaban J connectivity index is 1.86. The summed E-state index contributed by atoms with van der Waals surface area (Å²) >= 11 is 13.0. The zero-order chi connectivity index (χ0) is 20.7. The number of carbonyl (C=O) groups is 1. The smallest absolute Gasteiger partial charge is 0.272 e. The molecule has 0 atom stereocenters. The number of rotatable bonds is 3. The SMILES string of the molecule is Cn1cccc1C(=O)Nc1ccc(Cl)c(-c2cc3cnccc3n(C)c2=O)c1Cl. The molecule has 0 spiro atoms. The lowest BCUT2D eigenvalue weighted by Crippen LogP contribution is -2.19. The number of anilines is 1. The van der Waals surface area contributed by atoms with Gasteiger partial charge in [-0.1, -0.05) is 23.2 Å². The van der Waals surface area contributed by atoms with Crippen molar-refractivity contribution in [3.05, 3.63) is 81.1 Å². The molecular formula is C21H16Cl2N4O2. The molecule has 0 aliphatic heterocycles. The number of aryl methyl sites for hydroxylation is 2. The predicted molar refractivity (Wildman–Crippen MR) is 116 cm³/mol. The van der Waals surface area contributed by atoms with Crippen LogP contribution in [0.3, 0.4) is 0 Å². The van der Waals surface area contributed by atoms with Crippen LogP contribution in [-0.2, 0) is 14.1 Å². The molecule has 1 N–H and O–H groups in total. The number of hydrogen-bond acceptors (Lipinski definition) is 3. The average Bonchev–Trinajstić information content (AvgIpc) is 3.14.